The number of ketones is 1. The van der Waals surface area contributed by atoms with Crippen molar-refractivity contribution in [3.63, 3.8) is 0 Å². The molecule has 5 nitrogen and oxygen atoms in total. The summed E-state index contributed by atoms with van der Waals surface area (Å²) in [5.41, 5.74) is 3.35. The minimum absolute atomic E-state index is 0.0383. The van der Waals surface area contributed by atoms with Crippen LogP contribution in [0.3, 0.4) is 0 Å². The van der Waals surface area contributed by atoms with Gasteiger partial charge in [-0.25, -0.2) is 0 Å². The summed E-state index contributed by atoms with van der Waals surface area (Å²) in [5, 5.41) is 3.22. The summed E-state index contributed by atoms with van der Waals surface area (Å²) in [5.74, 6) is 1.51. The summed E-state index contributed by atoms with van der Waals surface area (Å²) in [6, 6.07) is 11.6. The largest absolute Gasteiger partial charge is 0.492 e. The summed E-state index contributed by atoms with van der Waals surface area (Å²) in [4.78, 5) is 15.2. The molecule has 0 saturated heterocycles. The first-order valence-corrected chi connectivity index (χ1v) is 10.2. The van der Waals surface area contributed by atoms with Gasteiger partial charge >= 0.3 is 0 Å². The van der Waals surface area contributed by atoms with Crippen LogP contribution in [0.4, 0.5) is 0 Å². The molecule has 150 valence electrons. The molecule has 1 aliphatic rings. The molecule has 0 amide bonds. The Balaban J connectivity index is 1.68. The van der Waals surface area contributed by atoms with E-state index in [0.717, 1.165) is 55.3 Å². The molecule has 1 aliphatic carbocycles. The Morgan fingerprint density at radius 2 is 1.39 bits per heavy atom. The van der Waals surface area contributed by atoms with Gasteiger partial charge in [0, 0.05) is 24.2 Å². The van der Waals surface area contributed by atoms with Crippen molar-refractivity contribution in [2.24, 2.45) is 0 Å². The molecule has 0 saturated carbocycles. The molecule has 0 fully saturated rings. The van der Waals surface area contributed by atoms with Crippen molar-refractivity contribution in [1.82, 2.24) is 10.2 Å². The van der Waals surface area contributed by atoms with Crippen LogP contribution in [0, 0.1) is 0 Å². The fourth-order valence-corrected chi connectivity index (χ4v) is 3.47. The molecule has 3 rings (SSSR count). The SMILES string of the molecule is CCNCCOc1ccc2c(c1)C(=O)c1cc(OCCN(CC)CC)ccc1-2. The van der Waals surface area contributed by atoms with Crippen LogP contribution in [0.2, 0.25) is 0 Å². The van der Waals surface area contributed by atoms with Crippen molar-refractivity contribution in [3.05, 3.63) is 47.5 Å². The van der Waals surface area contributed by atoms with Gasteiger partial charge < -0.3 is 19.7 Å². The van der Waals surface area contributed by atoms with Crippen LogP contribution in [0.1, 0.15) is 36.7 Å². The van der Waals surface area contributed by atoms with E-state index >= 15 is 0 Å². The molecular weight excluding hydrogens is 352 g/mol. The van der Waals surface area contributed by atoms with Crippen molar-refractivity contribution < 1.29 is 14.3 Å². The average molecular weight is 383 g/mol. The van der Waals surface area contributed by atoms with Crippen LogP contribution in [-0.2, 0) is 0 Å². The standard InChI is InChI=1S/C23H30N2O3/c1-4-24-11-13-27-17-7-9-19-20-10-8-18(28-14-12-25(5-2)6-3)16-22(20)23(26)21(19)15-17/h7-10,15-16,24H,4-6,11-14H2,1-3H3. The molecule has 0 bridgehead atoms. The zero-order chi connectivity index (χ0) is 19.9. The Bertz CT molecular complexity index is 815. The van der Waals surface area contributed by atoms with Crippen molar-refractivity contribution in [3.8, 4) is 22.6 Å². The summed E-state index contributed by atoms with van der Waals surface area (Å²) in [7, 11) is 0. The van der Waals surface area contributed by atoms with E-state index in [1.54, 1.807) is 0 Å². The van der Waals surface area contributed by atoms with Gasteiger partial charge in [-0.15, -0.1) is 0 Å². The highest BCUT2D eigenvalue weighted by Gasteiger charge is 2.27. The summed E-state index contributed by atoms with van der Waals surface area (Å²) in [6.45, 7) is 12.2. The predicted molar refractivity (Wildman–Crippen MR) is 113 cm³/mol. The average Bonchev–Trinajstić information content (AvgIpc) is 3.00. The summed E-state index contributed by atoms with van der Waals surface area (Å²) >= 11 is 0. The fourth-order valence-electron chi connectivity index (χ4n) is 3.47. The Morgan fingerprint density at radius 3 is 1.93 bits per heavy atom. The van der Waals surface area contributed by atoms with Crippen molar-refractivity contribution in [2.75, 3.05) is 45.9 Å². The third-order valence-corrected chi connectivity index (χ3v) is 5.13. The van der Waals surface area contributed by atoms with Crippen LogP contribution >= 0.6 is 0 Å². The first-order chi connectivity index (χ1) is 13.7. The highest BCUT2D eigenvalue weighted by molar-refractivity contribution is 6.22. The number of likely N-dealkylation sites (N-methyl/N-ethyl adjacent to an activating group) is 2. The monoisotopic (exact) mass is 382 g/mol. The van der Waals surface area contributed by atoms with Crippen LogP contribution < -0.4 is 14.8 Å². The molecule has 28 heavy (non-hydrogen) atoms. The Kier molecular flexibility index (Phi) is 7.06. The second-order valence-corrected chi connectivity index (χ2v) is 6.82. The number of nitrogens with zero attached hydrogens (tertiary/aromatic N) is 1. The third kappa shape index (κ3) is 4.54. The van der Waals surface area contributed by atoms with Crippen LogP contribution in [0.15, 0.2) is 36.4 Å². The van der Waals surface area contributed by atoms with Crippen LogP contribution in [0.5, 0.6) is 11.5 Å². The highest BCUT2D eigenvalue weighted by atomic mass is 16.5. The van der Waals surface area contributed by atoms with E-state index in [0.29, 0.717) is 24.3 Å². The number of nitrogens with one attached hydrogen (secondary N) is 1. The molecule has 0 atom stereocenters. The Morgan fingerprint density at radius 1 is 0.821 bits per heavy atom. The number of benzene rings is 2. The van der Waals surface area contributed by atoms with Crippen molar-refractivity contribution in [1.29, 1.82) is 0 Å². The minimum atomic E-state index is 0.0383. The van der Waals surface area contributed by atoms with E-state index in [9.17, 15) is 4.79 Å². The summed E-state index contributed by atoms with van der Waals surface area (Å²) in [6.07, 6.45) is 0. The highest BCUT2D eigenvalue weighted by Crippen LogP contribution is 2.39. The number of carbonyl (C=O) groups is 1. The van der Waals surface area contributed by atoms with E-state index in [4.69, 9.17) is 9.47 Å². The van der Waals surface area contributed by atoms with Gasteiger partial charge in [0.25, 0.3) is 0 Å². The quantitative estimate of drug-likeness (QED) is 0.514. The molecule has 0 aromatic heterocycles. The molecule has 0 heterocycles. The maximum Gasteiger partial charge on any atom is 0.194 e. The molecular formula is C23H30N2O3. The molecule has 1 N–H and O–H groups in total. The summed E-state index contributed by atoms with van der Waals surface area (Å²) < 4.78 is 11.6. The van der Waals surface area contributed by atoms with Gasteiger partial charge in [-0.1, -0.05) is 20.8 Å². The lowest BCUT2D eigenvalue weighted by Crippen LogP contribution is -2.27. The van der Waals surface area contributed by atoms with Gasteiger partial charge in [0.05, 0.1) is 0 Å². The molecule has 2 aromatic carbocycles. The van der Waals surface area contributed by atoms with Crippen LogP contribution in [0.25, 0.3) is 11.1 Å². The lowest BCUT2D eigenvalue weighted by molar-refractivity contribution is 0.104. The molecule has 0 radical (unpaired) electrons. The van der Waals surface area contributed by atoms with Gasteiger partial charge in [0.1, 0.15) is 24.7 Å². The van der Waals surface area contributed by atoms with Gasteiger partial charge in [-0.2, -0.15) is 0 Å². The first-order valence-electron chi connectivity index (χ1n) is 10.2. The smallest absolute Gasteiger partial charge is 0.194 e. The lowest BCUT2D eigenvalue weighted by atomic mass is 10.1. The van der Waals surface area contributed by atoms with Crippen LogP contribution in [-0.4, -0.2) is 56.6 Å². The van der Waals surface area contributed by atoms with Gasteiger partial charge in [0.2, 0.25) is 0 Å². The number of rotatable bonds is 11. The lowest BCUT2D eigenvalue weighted by Gasteiger charge is -2.18. The minimum Gasteiger partial charge on any atom is -0.492 e. The van der Waals surface area contributed by atoms with Gasteiger partial charge in [-0.3, -0.25) is 4.79 Å². The maximum absolute atomic E-state index is 12.9. The predicted octanol–water partition coefficient (Wildman–Crippen LogP) is 3.61. The number of carbonyl (C=O) groups excluding carboxylic acids is 1. The maximum atomic E-state index is 12.9. The number of fused-ring (bicyclic) bond motifs is 3. The van der Waals surface area contributed by atoms with E-state index in [-0.39, 0.29) is 5.78 Å². The van der Waals surface area contributed by atoms with Crippen molar-refractivity contribution in [2.45, 2.75) is 20.8 Å². The number of hydrogen-bond acceptors (Lipinski definition) is 5. The molecule has 0 aliphatic heterocycles. The van der Waals surface area contributed by atoms with E-state index in [2.05, 4.69) is 31.0 Å². The normalized spacial score (nSPS) is 12.2. The van der Waals surface area contributed by atoms with Gasteiger partial charge in [-0.05, 0) is 67.2 Å². The Labute approximate surface area is 167 Å². The van der Waals surface area contributed by atoms with E-state index in [1.807, 2.05) is 36.4 Å². The number of hydrogen-bond donors (Lipinski definition) is 1. The van der Waals surface area contributed by atoms with E-state index in [1.165, 1.54) is 0 Å². The fraction of sp³-hybridized carbons (Fsp3) is 0.435. The third-order valence-electron chi connectivity index (χ3n) is 5.13. The number of ether oxygens (including phenoxy) is 2. The molecule has 0 unspecified atom stereocenters. The Hall–Kier alpha value is -2.37. The molecule has 2 aromatic rings. The second-order valence-electron chi connectivity index (χ2n) is 6.82. The van der Waals surface area contributed by atoms with Crippen molar-refractivity contribution >= 4 is 5.78 Å². The molecule has 5 heteroatoms. The topological polar surface area (TPSA) is 50.8 Å². The zero-order valence-corrected chi connectivity index (χ0v) is 17.1. The zero-order valence-electron chi connectivity index (χ0n) is 17.1. The first kappa shape index (κ1) is 20.4. The van der Waals surface area contributed by atoms with Gasteiger partial charge in [0.15, 0.2) is 5.78 Å². The second kappa shape index (κ2) is 9.71. The van der Waals surface area contributed by atoms with E-state index < -0.39 is 0 Å². The molecule has 0 spiro atoms.